The molecule has 0 spiro atoms. The molecule has 2 heterocycles. The monoisotopic (exact) mass is 336 g/mol. The molecule has 2 N–H and O–H groups in total. The lowest BCUT2D eigenvalue weighted by atomic mass is 9.98. The van der Waals surface area contributed by atoms with Crippen molar-refractivity contribution < 1.29 is 13.2 Å². The van der Waals surface area contributed by atoms with Crippen LogP contribution in [0, 0.1) is 11.8 Å². The SMILES string of the molecule is NC1CCC2CN(S(=O)(=O)CCc3ccc4c(c3)CCO4)CC12. The van der Waals surface area contributed by atoms with Crippen LogP contribution >= 0.6 is 0 Å². The summed E-state index contributed by atoms with van der Waals surface area (Å²) in [6.07, 6.45) is 3.60. The van der Waals surface area contributed by atoms with Crippen molar-refractivity contribution in [3.8, 4) is 5.75 Å². The third-order valence-electron chi connectivity index (χ3n) is 5.67. The topological polar surface area (TPSA) is 72.6 Å². The van der Waals surface area contributed by atoms with E-state index in [0.717, 1.165) is 37.2 Å². The Labute approximate surface area is 137 Å². The maximum Gasteiger partial charge on any atom is 0.214 e. The molecular weight excluding hydrogens is 312 g/mol. The predicted octanol–water partition coefficient (Wildman–Crippen LogP) is 1.16. The van der Waals surface area contributed by atoms with E-state index < -0.39 is 10.0 Å². The molecule has 5 nitrogen and oxygen atoms in total. The van der Waals surface area contributed by atoms with Crippen LogP contribution in [-0.2, 0) is 22.9 Å². The first kappa shape index (κ1) is 15.4. The molecule has 0 amide bonds. The van der Waals surface area contributed by atoms with Gasteiger partial charge in [0, 0.05) is 25.6 Å². The number of hydrogen-bond donors (Lipinski definition) is 1. The highest BCUT2D eigenvalue weighted by molar-refractivity contribution is 7.89. The third kappa shape index (κ3) is 2.88. The van der Waals surface area contributed by atoms with Gasteiger partial charge in [0.25, 0.3) is 0 Å². The molecule has 4 rings (SSSR count). The molecular formula is C17H24N2O3S. The first-order valence-corrected chi connectivity index (χ1v) is 10.1. The summed E-state index contributed by atoms with van der Waals surface area (Å²) in [6, 6.07) is 6.21. The molecule has 126 valence electrons. The van der Waals surface area contributed by atoms with Crippen LogP contribution in [0.5, 0.6) is 5.75 Å². The number of rotatable bonds is 4. The zero-order valence-electron chi connectivity index (χ0n) is 13.3. The summed E-state index contributed by atoms with van der Waals surface area (Å²) in [4.78, 5) is 0. The third-order valence-corrected chi connectivity index (χ3v) is 7.48. The highest BCUT2D eigenvalue weighted by Gasteiger charge is 2.44. The Hall–Kier alpha value is -1.11. The summed E-state index contributed by atoms with van der Waals surface area (Å²) in [6.45, 7) is 2.01. The molecule has 3 aliphatic rings. The number of nitrogens with two attached hydrogens (primary N) is 1. The standard InChI is InChI=1S/C17H24N2O3S/c18-16-3-2-14-10-19(11-15(14)16)23(20,21)8-6-12-1-4-17-13(9-12)5-7-22-17/h1,4,9,14-16H,2-3,5-8,10-11,18H2. The molecule has 23 heavy (non-hydrogen) atoms. The summed E-state index contributed by atoms with van der Waals surface area (Å²) in [5.41, 5.74) is 8.38. The van der Waals surface area contributed by atoms with E-state index in [9.17, 15) is 8.42 Å². The van der Waals surface area contributed by atoms with Crippen molar-refractivity contribution in [2.75, 3.05) is 25.4 Å². The Morgan fingerprint density at radius 2 is 2.13 bits per heavy atom. The number of nitrogens with zero attached hydrogens (tertiary/aromatic N) is 1. The quantitative estimate of drug-likeness (QED) is 0.896. The highest BCUT2D eigenvalue weighted by atomic mass is 32.2. The fourth-order valence-corrected chi connectivity index (χ4v) is 5.83. The molecule has 1 aromatic rings. The van der Waals surface area contributed by atoms with E-state index in [2.05, 4.69) is 6.07 Å². The van der Waals surface area contributed by atoms with Crippen molar-refractivity contribution >= 4 is 10.0 Å². The van der Waals surface area contributed by atoms with E-state index in [1.807, 2.05) is 12.1 Å². The molecule has 3 atom stereocenters. The molecule has 0 aromatic heterocycles. The summed E-state index contributed by atoms with van der Waals surface area (Å²) in [5.74, 6) is 1.96. The van der Waals surface area contributed by atoms with Gasteiger partial charge in [-0.25, -0.2) is 12.7 Å². The molecule has 0 bridgehead atoms. The van der Waals surface area contributed by atoms with Gasteiger partial charge in [0.15, 0.2) is 0 Å². The largest absolute Gasteiger partial charge is 0.493 e. The van der Waals surface area contributed by atoms with Crippen LogP contribution in [0.4, 0.5) is 0 Å². The lowest BCUT2D eigenvalue weighted by Crippen LogP contribution is -2.35. The van der Waals surface area contributed by atoms with Crippen LogP contribution in [0.2, 0.25) is 0 Å². The molecule has 6 heteroatoms. The highest BCUT2D eigenvalue weighted by Crippen LogP contribution is 2.38. The normalized spacial score (nSPS) is 30.2. The first-order valence-electron chi connectivity index (χ1n) is 8.51. The molecule has 1 aliphatic carbocycles. The lowest BCUT2D eigenvalue weighted by Gasteiger charge is -2.18. The molecule has 1 aromatic carbocycles. The van der Waals surface area contributed by atoms with Crippen LogP contribution in [-0.4, -0.2) is 44.2 Å². The second kappa shape index (κ2) is 5.76. The van der Waals surface area contributed by atoms with Crippen LogP contribution < -0.4 is 10.5 Å². The van der Waals surface area contributed by atoms with Crippen molar-refractivity contribution in [1.82, 2.24) is 4.31 Å². The molecule has 1 saturated heterocycles. The summed E-state index contributed by atoms with van der Waals surface area (Å²) in [5, 5.41) is 0. The maximum atomic E-state index is 12.6. The Balaban J connectivity index is 1.40. The van der Waals surface area contributed by atoms with Gasteiger partial charge in [-0.3, -0.25) is 0 Å². The molecule has 3 unspecified atom stereocenters. The fourth-order valence-electron chi connectivity index (χ4n) is 4.27. The number of ether oxygens (including phenoxy) is 1. The van der Waals surface area contributed by atoms with Gasteiger partial charge < -0.3 is 10.5 Å². The van der Waals surface area contributed by atoms with Crippen molar-refractivity contribution in [1.29, 1.82) is 0 Å². The van der Waals surface area contributed by atoms with E-state index in [0.29, 0.717) is 31.3 Å². The average Bonchev–Trinajstić information content (AvgIpc) is 3.22. The molecule has 2 fully saturated rings. The zero-order chi connectivity index (χ0) is 16.0. The van der Waals surface area contributed by atoms with Gasteiger partial charge in [0.2, 0.25) is 10.0 Å². The van der Waals surface area contributed by atoms with Gasteiger partial charge in [-0.1, -0.05) is 12.1 Å². The molecule has 0 radical (unpaired) electrons. The minimum Gasteiger partial charge on any atom is -0.493 e. The van der Waals surface area contributed by atoms with E-state index in [4.69, 9.17) is 10.5 Å². The van der Waals surface area contributed by atoms with Crippen LogP contribution in [0.3, 0.4) is 0 Å². The van der Waals surface area contributed by atoms with Gasteiger partial charge in [0.05, 0.1) is 12.4 Å². The summed E-state index contributed by atoms with van der Waals surface area (Å²) >= 11 is 0. The van der Waals surface area contributed by atoms with E-state index in [1.165, 1.54) is 5.56 Å². The van der Waals surface area contributed by atoms with Gasteiger partial charge in [-0.15, -0.1) is 0 Å². The average molecular weight is 336 g/mol. The second-order valence-corrected chi connectivity index (χ2v) is 9.18. The first-order chi connectivity index (χ1) is 11.0. The van der Waals surface area contributed by atoms with E-state index >= 15 is 0 Å². The van der Waals surface area contributed by atoms with Crippen LogP contribution in [0.1, 0.15) is 24.0 Å². The molecule has 1 saturated carbocycles. The zero-order valence-corrected chi connectivity index (χ0v) is 14.1. The Morgan fingerprint density at radius 3 is 2.96 bits per heavy atom. The number of sulfonamides is 1. The van der Waals surface area contributed by atoms with Crippen molar-refractivity contribution in [3.05, 3.63) is 29.3 Å². The number of benzene rings is 1. The van der Waals surface area contributed by atoms with Gasteiger partial charge in [-0.05, 0) is 48.3 Å². The number of aryl methyl sites for hydroxylation is 1. The minimum atomic E-state index is -3.19. The van der Waals surface area contributed by atoms with Crippen LogP contribution in [0.15, 0.2) is 18.2 Å². The Bertz CT molecular complexity index is 704. The number of fused-ring (bicyclic) bond motifs is 2. The van der Waals surface area contributed by atoms with Crippen molar-refractivity contribution in [3.63, 3.8) is 0 Å². The van der Waals surface area contributed by atoms with Crippen molar-refractivity contribution in [2.45, 2.75) is 31.7 Å². The van der Waals surface area contributed by atoms with Gasteiger partial charge >= 0.3 is 0 Å². The Kier molecular flexibility index (Phi) is 3.86. The van der Waals surface area contributed by atoms with Crippen LogP contribution in [0.25, 0.3) is 0 Å². The van der Waals surface area contributed by atoms with Crippen molar-refractivity contribution in [2.24, 2.45) is 17.6 Å². The van der Waals surface area contributed by atoms with E-state index in [-0.39, 0.29) is 11.8 Å². The van der Waals surface area contributed by atoms with Gasteiger partial charge in [0.1, 0.15) is 5.75 Å². The van der Waals surface area contributed by atoms with E-state index in [1.54, 1.807) is 4.31 Å². The lowest BCUT2D eigenvalue weighted by molar-refractivity contribution is 0.357. The maximum absolute atomic E-state index is 12.6. The second-order valence-electron chi connectivity index (χ2n) is 7.09. The number of hydrogen-bond acceptors (Lipinski definition) is 4. The Morgan fingerprint density at radius 1 is 1.26 bits per heavy atom. The summed E-state index contributed by atoms with van der Waals surface area (Å²) in [7, 11) is -3.19. The fraction of sp³-hybridized carbons (Fsp3) is 0.647. The molecule has 2 aliphatic heterocycles. The summed E-state index contributed by atoms with van der Waals surface area (Å²) < 4.78 is 32.4. The van der Waals surface area contributed by atoms with Gasteiger partial charge in [-0.2, -0.15) is 0 Å². The minimum absolute atomic E-state index is 0.178. The smallest absolute Gasteiger partial charge is 0.214 e. The predicted molar refractivity (Wildman–Crippen MR) is 88.9 cm³/mol.